The number of nitrogens with zero attached hydrogens (tertiary/aromatic N) is 4. The maximum atomic E-state index is 11.6. The number of aliphatic hydroxyl groups excluding tert-OH is 2. The van der Waals surface area contributed by atoms with Gasteiger partial charge in [-0.1, -0.05) is 23.9 Å². The highest BCUT2D eigenvalue weighted by Crippen LogP contribution is 2.33. The van der Waals surface area contributed by atoms with E-state index in [0.29, 0.717) is 21.9 Å². The minimum Gasteiger partial charge on any atom is -0.497 e. The van der Waals surface area contributed by atoms with Crippen molar-refractivity contribution in [1.82, 2.24) is 24.8 Å². The van der Waals surface area contributed by atoms with E-state index in [1.165, 1.54) is 29.0 Å². The number of amides is 1. The van der Waals surface area contributed by atoms with E-state index in [9.17, 15) is 19.8 Å². The average molecular weight is 506 g/mol. The molecule has 13 nitrogen and oxygen atoms in total. The van der Waals surface area contributed by atoms with Gasteiger partial charge in [0.2, 0.25) is 0 Å². The SMILES string of the molecule is COc1ccc(CSc2ncnc3c2ncn3[C@@H]2O[C@H](COC(=O)NCC(=O)O)C(O)[C@@H]2O)cc1. The zero-order valence-corrected chi connectivity index (χ0v) is 19.3. The second kappa shape index (κ2) is 10.9. The second-order valence-electron chi connectivity index (χ2n) is 7.53. The Hall–Kier alpha value is -3.46. The van der Waals surface area contributed by atoms with Crippen LogP contribution in [0.15, 0.2) is 41.9 Å². The highest BCUT2D eigenvalue weighted by atomic mass is 32.2. The fourth-order valence-corrected chi connectivity index (χ4v) is 4.35. The van der Waals surface area contributed by atoms with Crippen molar-refractivity contribution in [1.29, 1.82) is 0 Å². The maximum absolute atomic E-state index is 11.6. The van der Waals surface area contributed by atoms with Gasteiger partial charge in [-0.05, 0) is 17.7 Å². The Morgan fingerprint density at radius 2 is 1.94 bits per heavy atom. The molecule has 186 valence electrons. The number of aromatic nitrogens is 4. The molecule has 1 amide bonds. The normalized spacial score (nSPS) is 21.7. The Kier molecular flexibility index (Phi) is 7.65. The van der Waals surface area contributed by atoms with Crippen LogP contribution in [0, 0.1) is 0 Å². The Bertz CT molecular complexity index is 1190. The van der Waals surface area contributed by atoms with Crippen LogP contribution in [-0.4, -0.2) is 85.5 Å². The predicted octanol–water partition coefficient (Wildman–Crippen LogP) is 0.557. The number of carbonyl (C=O) groups excluding carboxylic acids is 1. The number of rotatable bonds is 9. The largest absolute Gasteiger partial charge is 0.497 e. The first-order valence-corrected chi connectivity index (χ1v) is 11.4. The number of alkyl carbamates (subject to hydrolysis) is 1. The minimum atomic E-state index is -1.37. The van der Waals surface area contributed by atoms with E-state index in [1.807, 2.05) is 29.6 Å². The average Bonchev–Trinajstić information content (AvgIpc) is 3.41. The quantitative estimate of drug-likeness (QED) is 0.235. The molecule has 0 aliphatic carbocycles. The third-order valence-corrected chi connectivity index (χ3v) is 6.28. The van der Waals surface area contributed by atoms with Crippen molar-refractivity contribution in [3.05, 3.63) is 42.5 Å². The van der Waals surface area contributed by atoms with E-state index in [-0.39, 0.29) is 0 Å². The van der Waals surface area contributed by atoms with E-state index < -0.39 is 49.8 Å². The molecule has 1 aromatic carbocycles. The lowest BCUT2D eigenvalue weighted by atomic mass is 10.1. The molecule has 4 N–H and O–H groups in total. The molecule has 0 radical (unpaired) electrons. The Morgan fingerprint density at radius 1 is 1.17 bits per heavy atom. The molecule has 4 rings (SSSR count). The van der Waals surface area contributed by atoms with Crippen LogP contribution in [-0.2, 0) is 20.0 Å². The number of nitrogens with one attached hydrogen (secondary N) is 1. The third kappa shape index (κ3) is 5.62. The van der Waals surface area contributed by atoms with Gasteiger partial charge in [-0.15, -0.1) is 0 Å². The number of fused-ring (bicyclic) bond motifs is 1. The van der Waals surface area contributed by atoms with Crippen molar-refractivity contribution in [3.63, 3.8) is 0 Å². The first kappa shape index (κ1) is 24.7. The molecule has 3 aromatic rings. The van der Waals surface area contributed by atoms with Crippen molar-refractivity contribution in [2.24, 2.45) is 0 Å². The number of aliphatic carboxylic acids is 1. The van der Waals surface area contributed by atoms with Crippen LogP contribution in [0.5, 0.6) is 5.75 Å². The van der Waals surface area contributed by atoms with Crippen LogP contribution >= 0.6 is 11.8 Å². The van der Waals surface area contributed by atoms with E-state index in [4.69, 9.17) is 19.3 Å². The molecular formula is C21H23N5O8S. The summed E-state index contributed by atoms with van der Waals surface area (Å²) < 4.78 is 17.3. The van der Waals surface area contributed by atoms with Gasteiger partial charge < -0.3 is 34.8 Å². The number of ether oxygens (including phenoxy) is 3. The third-order valence-electron chi connectivity index (χ3n) is 5.23. The number of methoxy groups -OCH3 is 1. The van der Waals surface area contributed by atoms with E-state index in [2.05, 4.69) is 15.0 Å². The second-order valence-corrected chi connectivity index (χ2v) is 8.50. The van der Waals surface area contributed by atoms with Gasteiger partial charge in [-0.2, -0.15) is 0 Å². The number of carboxylic acids is 1. The van der Waals surface area contributed by atoms with Gasteiger partial charge in [0, 0.05) is 5.75 Å². The monoisotopic (exact) mass is 505 g/mol. The summed E-state index contributed by atoms with van der Waals surface area (Å²) in [5.41, 5.74) is 1.97. The lowest BCUT2D eigenvalue weighted by molar-refractivity contribution is -0.135. The first-order chi connectivity index (χ1) is 16.9. The number of carbonyl (C=O) groups is 2. The number of carboxylic acid groups (broad SMARTS) is 1. The van der Waals surface area contributed by atoms with Crippen LogP contribution in [0.4, 0.5) is 4.79 Å². The summed E-state index contributed by atoms with van der Waals surface area (Å²) in [4.78, 5) is 35.0. The molecule has 0 spiro atoms. The topological polar surface area (TPSA) is 178 Å². The van der Waals surface area contributed by atoms with Gasteiger partial charge in [0.05, 0.1) is 13.4 Å². The van der Waals surface area contributed by atoms with Crippen molar-refractivity contribution >= 4 is 35.0 Å². The van der Waals surface area contributed by atoms with Gasteiger partial charge in [0.25, 0.3) is 0 Å². The molecule has 1 unspecified atom stereocenters. The molecule has 0 bridgehead atoms. The fraction of sp³-hybridized carbons (Fsp3) is 0.381. The fourth-order valence-electron chi connectivity index (χ4n) is 3.45. The smallest absolute Gasteiger partial charge is 0.407 e. The molecule has 14 heteroatoms. The predicted molar refractivity (Wildman–Crippen MR) is 121 cm³/mol. The molecular weight excluding hydrogens is 482 g/mol. The zero-order valence-electron chi connectivity index (χ0n) is 18.5. The number of hydrogen-bond acceptors (Lipinski definition) is 11. The molecule has 4 atom stereocenters. The Labute approximate surface area is 203 Å². The lowest BCUT2D eigenvalue weighted by Crippen LogP contribution is -2.36. The van der Waals surface area contributed by atoms with Crippen molar-refractivity contribution in [3.8, 4) is 5.75 Å². The molecule has 0 saturated carbocycles. The highest BCUT2D eigenvalue weighted by Gasteiger charge is 2.45. The highest BCUT2D eigenvalue weighted by molar-refractivity contribution is 7.98. The van der Waals surface area contributed by atoms with Crippen LogP contribution in [0.2, 0.25) is 0 Å². The van der Waals surface area contributed by atoms with Crippen molar-refractivity contribution < 1.29 is 39.1 Å². The molecule has 1 aliphatic heterocycles. The van der Waals surface area contributed by atoms with E-state index in [0.717, 1.165) is 11.3 Å². The minimum absolute atomic E-state index is 0.397. The summed E-state index contributed by atoms with van der Waals surface area (Å²) in [5.74, 6) is 0.169. The van der Waals surface area contributed by atoms with E-state index >= 15 is 0 Å². The number of benzene rings is 1. The summed E-state index contributed by atoms with van der Waals surface area (Å²) in [6.07, 6.45) is -2.99. The van der Waals surface area contributed by atoms with Crippen LogP contribution in [0.25, 0.3) is 11.2 Å². The summed E-state index contributed by atoms with van der Waals surface area (Å²) >= 11 is 1.47. The lowest BCUT2D eigenvalue weighted by Gasteiger charge is -2.16. The van der Waals surface area contributed by atoms with Crippen molar-refractivity contribution in [2.75, 3.05) is 20.3 Å². The molecule has 3 heterocycles. The van der Waals surface area contributed by atoms with Gasteiger partial charge in [0.15, 0.2) is 11.9 Å². The summed E-state index contributed by atoms with van der Waals surface area (Å²) in [7, 11) is 1.61. The molecule has 1 aliphatic rings. The number of thioether (sulfide) groups is 1. The first-order valence-electron chi connectivity index (χ1n) is 10.4. The van der Waals surface area contributed by atoms with Crippen LogP contribution in [0.1, 0.15) is 11.8 Å². The standard InChI is InChI=1S/C21H23N5O8S/c1-32-12-4-2-11(3-5-12)8-35-19-15-18(23-9-24-19)26(10-25-15)20-17(30)16(29)13(34-20)7-33-21(31)22-6-14(27)28/h2-5,9-10,13,16-17,20,29-30H,6-8H2,1H3,(H,22,31)(H,27,28)/t13-,16?,17+,20-/m1/s1. The number of imidazole rings is 1. The van der Waals surface area contributed by atoms with Gasteiger partial charge in [0.1, 0.15) is 54.1 Å². The van der Waals surface area contributed by atoms with Gasteiger partial charge >= 0.3 is 12.1 Å². The zero-order chi connectivity index (χ0) is 24.9. The molecule has 1 saturated heterocycles. The Morgan fingerprint density at radius 3 is 2.66 bits per heavy atom. The maximum Gasteiger partial charge on any atom is 0.407 e. The van der Waals surface area contributed by atoms with Gasteiger partial charge in [-0.25, -0.2) is 19.7 Å². The summed E-state index contributed by atoms with van der Waals surface area (Å²) in [6.45, 7) is -1.01. The number of hydrogen-bond donors (Lipinski definition) is 4. The number of aliphatic hydroxyl groups is 2. The summed E-state index contributed by atoms with van der Waals surface area (Å²) in [6, 6.07) is 7.66. The van der Waals surface area contributed by atoms with Crippen LogP contribution < -0.4 is 10.1 Å². The Balaban J connectivity index is 1.43. The van der Waals surface area contributed by atoms with Crippen LogP contribution in [0.3, 0.4) is 0 Å². The van der Waals surface area contributed by atoms with Gasteiger partial charge in [-0.3, -0.25) is 9.36 Å². The van der Waals surface area contributed by atoms with Crippen molar-refractivity contribution in [2.45, 2.75) is 35.3 Å². The van der Waals surface area contributed by atoms with E-state index in [1.54, 1.807) is 7.11 Å². The molecule has 1 fully saturated rings. The molecule has 35 heavy (non-hydrogen) atoms. The summed E-state index contributed by atoms with van der Waals surface area (Å²) in [5, 5.41) is 32.2. The molecule has 2 aromatic heterocycles.